The van der Waals surface area contributed by atoms with Gasteiger partial charge in [-0.05, 0) is 31.4 Å². The number of para-hydroxylation sites is 1. The Balaban J connectivity index is 2.35. The van der Waals surface area contributed by atoms with Crippen LogP contribution in [0.3, 0.4) is 0 Å². The molecule has 1 aromatic carbocycles. The smallest absolute Gasteiger partial charge is 0.236 e. The maximum absolute atomic E-state index is 11.3. The van der Waals surface area contributed by atoms with Gasteiger partial charge in [-0.1, -0.05) is 25.0 Å². The summed E-state index contributed by atoms with van der Waals surface area (Å²) in [6, 6.07) is 6.23. The van der Waals surface area contributed by atoms with Gasteiger partial charge in [-0.3, -0.25) is 4.79 Å². The molecule has 0 aliphatic heterocycles. The number of nitrogens with zero attached hydrogens (tertiary/aromatic N) is 1. The van der Waals surface area contributed by atoms with Crippen LogP contribution in [0.5, 0.6) is 0 Å². The highest BCUT2D eigenvalue weighted by Gasteiger charge is 2.26. The van der Waals surface area contributed by atoms with Gasteiger partial charge in [0.05, 0.1) is 17.9 Å². The summed E-state index contributed by atoms with van der Waals surface area (Å²) >= 11 is 0. The quantitative estimate of drug-likeness (QED) is 0.797. The summed E-state index contributed by atoms with van der Waals surface area (Å²) < 4.78 is 0. The summed E-state index contributed by atoms with van der Waals surface area (Å²) in [6.07, 6.45) is 4.65. The number of carbonyl (C=O) groups excluding carboxylic acids is 1. The van der Waals surface area contributed by atoms with E-state index in [1.54, 1.807) is 0 Å². The first-order chi connectivity index (χ1) is 8.59. The number of hydrogen-bond acceptors (Lipinski definition) is 3. The Bertz CT molecular complexity index is 418. The molecule has 0 atom stereocenters. The van der Waals surface area contributed by atoms with Crippen LogP contribution >= 0.6 is 0 Å². The van der Waals surface area contributed by atoms with E-state index >= 15 is 0 Å². The average Bonchev–Trinajstić information content (AvgIpc) is 2.80. The third kappa shape index (κ3) is 2.58. The second-order valence-corrected chi connectivity index (χ2v) is 5.05. The molecular formula is C14H21N3O. The summed E-state index contributed by atoms with van der Waals surface area (Å²) in [5, 5.41) is 0. The van der Waals surface area contributed by atoms with Crippen molar-refractivity contribution in [1.29, 1.82) is 0 Å². The lowest BCUT2D eigenvalue weighted by Gasteiger charge is -2.32. The number of hydrogen-bond donors (Lipinski definition) is 2. The van der Waals surface area contributed by atoms with Gasteiger partial charge >= 0.3 is 0 Å². The number of primary amides is 1. The highest BCUT2D eigenvalue weighted by Crippen LogP contribution is 2.33. The predicted octanol–water partition coefficient (Wildman–Crippen LogP) is 1.81. The second kappa shape index (κ2) is 5.29. The van der Waals surface area contributed by atoms with Crippen molar-refractivity contribution in [3.63, 3.8) is 0 Å². The molecule has 1 amide bonds. The van der Waals surface area contributed by atoms with E-state index in [1.165, 1.54) is 12.8 Å². The summed E-state index contributed by atoms with van der Waals surface area (Å²) in [5.74, 6) is -0.301. The van der Waals surface area contributed by atoms with E-state index in [0.29, 0.717) is 6.04 Å². The van der Waals surface area contributed by atoms with E-state index in [2.05, 4.69) is 4.90 Å². The molecule has 1 aliphatic rings. The van der Waals surface area contributed by atoms with E-state index in [1.807, 2.05) is 25.1 Å². The fourth-order valence-corrected chi connectivity index (χ4v) is 2.85. The summed E-state index contributed by atoms with van der Waals surface area (Å²) in [4.78, 5) is 13.4. The Morgan fingerprint density at radius 1 is 1.39 bits per heavy atom. The molecule has 18 heavy (non-hydrogen) atoms. The first-order valence-electron chi connectivity index (χ1n) is 6.49. The van der Waals surface area contributed by atoms with Crippen LogP contribution in [-0.2, 0) is 4.79 Å². The molecule has 0 heterocycles. The van der Waals surface area contributed by atoms with Gasteiger partial charge in [-0.15, -0.1) is 0 Å². The van der Waals surface area contributed by atoms with Crippen molar-refractivity contribution in [3.05, 3.63) is 23.8 Å². The zero-order valence-electron chi connectivity index (χ0n) is 10.9. The van der Waals surface area contributed by atoms with Crippen molar-refractivity contribution in [2.24, 2.45) is 5.73 Å². The van der Waals surface area contributed by atoms with Gasteiger partial charge in [0.25, 0.3) is 0 Å². The van der Waals surface area contributed by atoms with Gasteiger partial charge in [0, 0.05) is 6.04 Å². The van der Waals surface area contributed by atoms with Gasteiger partial charge in [-0.25, -0.2) is 0 Å². The molecule has 0 bridgehead atoms. The molecule has 0 saturated heterocycles. The minimum atomic E-state index is -0.301. The topological polar surface area (TPSA) is 72.3 Å². The van der Waals surface area contributed by atoms with Crippen molar-refractivity contribution >= 4 is 17.3 Å². The van der Waals surface area contributed by atoms with E-state index in [4.69, 9.17) is 11.5 Å². The number of rotatable bonds is 4. The highest BCUT2D eigenvalue weighted by molar-refractivity contribution is 5.83. The molecule has 1 aromatic rings. The number of carbonyl (C=O) groups is 1. The Kier molecular flexibility index (Phi) is 3.75. The number of nitrogen functional groups attached to an aromatic ring is 1. The third-order valence-electron chi connectivity index (χ3n) is 3.65. The second-order valence-electron chi connectivity index (χ2n) is 5.05. The van der Waals surface area contributed by atoms with Crippen LogP contribution in [0, 0.1) is 6.92 Å². The van der Waals surface area contributed by atoms with Crippen molar-refractivity contribution in [3.8, 4) is 0 Å². The van der Waals surface area contributed by atoms with E-state index in [0.717, 1.165) is 29.8 Å². The van der Waals surface area contributed by atoms with Gasteiger partial charge in [0.15, 0.2) is 0 Å². The number of benzene rings is 1. The number of aryl methyl sites for hydroxylation is 1. The molecule has 98 valence electrons. The molecule has 1 fully saturated rings. The monoisotopic (exact) mass is 247 g/mol. The Morgan fingerprint density at radius 3 is 2.61 bits per heavy atom. The van der Waals surface area contributed by atoms with E-state index in [9.17, 15) is 4.79 Å². The summed E-state index contributed by atoms with van der Waals surface area (Å²) in [5.41, 5.74) is 14.2. The third-order valence-corrected chi connectivity index (χ3v) is 3.65. The molecule has 1 saturated carbocycles. The molecule has 0 unspecified atom stereocenters. The van der Waals surface area contributed by atoms with Crippen LogP contribution in [0.1, 0.15) is 31.2 Å². The fourth-order valence-electron chi connectivity index (χ4n) is 2.85. The van der Waals surface area contributed by atoms with Crippen LogP contribution in [-0.4, -0.2) is 18.5 Å². The van der Waals surface area contributed by atoms with Crippen LogP contribution in [0.2, 0.25) is 0 Å². The van der Waals surface area contributed by atoms with E-state index < -0.39 is 0 Å². The molecule has 0 radical (unpaired) electrons. The van der Waals surface area contributed by atoms with Gasteiger partial charge < -0.3 is 16.4 Å². The largest absolute Gasteiger partial charge is 0.397 e. The lowest BCUT2D eigenvalue weighted by Crippen LogP contribution is -2.41. The lowest BCUT2D eigenvalue weighted by atomic mass is 10.1. The van der Waals surface area contributed by atoms with Crippen LogP contribution in [0.4, 0.5) is 11.4 Å². The van der Waals surface area contributed by atoms with E-state index in [-0.39, 0.29) is 12.5 Å². The first-order valence-corrected chi connectivity index (χ1v) is 6.49. The predicted molar refractivity (Wildman–Crippen MR) is 74.4 cm³/mol. The summed E-state index contributed by atoms with van der Waals surface area (Å²) in [7, 11) is 0. The zero-order chi connectivity index (χ0) is 13.1. The molecule has 4 nitrogen and oxygen atoms in total. The minimum absolute atomic E-state index is 0.250. The molecule has 0 spiro atoms. The molecule has 4 N–H and O–H groups in total. The van der Waals surface area contributed by atoms with Crippen molar-refractivity contribution in [2.75, 3.05) is 17.2 Å². The molecule has 1 aliphatic carbocycles. The van der Waals surface area contributed by atoms with Crippen LogP contribution < -0.4 is 16.4 Å². The maximum Gasteiger partial charge on any atom is 0.236 e. The number of nitrogens with two attached hydrogens (primary N) is 2. The van der Waals surface area contributed by atoms with Gasteiger partial charge in [0.1, 0.15) is 0 Å². The average molecular weight is 247 g/mol. The van der Waals surface area contributed by atoms with Gasteiger partial charge in [0.2, 0.25) is 5.91 Å². The maximum atomic E-state index is 11.3. The SMILES string of the molecule is Cc1cccc(N)c1N(CC(N)=O)C1CCCC1. The first kappa shape index (κ1) is 12.7. The molecule has 4 heteroatoms. The summed E-state index contributed by atoms with van der Waals surface area (Å²) in [6.45, 7) is 2.27. The number of anilines is 2. The minimum Gasteiger partial charge on any atom is -0.397 e. The Morgan fingerprint density at radius 2 is 2.06 bits per heavy atom. The Labute approximate surface area is 108 Å². The lowest BCUT2D eigenvalue weighted by molar-refractivity contribution is -0.116. The normalized spacial score (nSPS) is 15.8. The van der Waals surface area contributed by atoms with Crippen LogP contribution in [0.25, 0.3) is 0 Å². The van der Waals surface area contributed by atoms with Crippen molar-refractivity contribution in [2.45, 2.75) is 38.6 Å². The molecule has 0 aromatic heterocycles. The molecule has 2 rings (SSSR count). The fraction of sp³-hybridized carbons (Fsp3) is 0.500. The Hall–Kier alpha value is -1.71. The van der Waals surface area contributed by atoms with Gasteiger partial charge in [-0.2, -0.15) is 0 Å². The zero-order valence-corrected chi connectivity index (χ0v) is 10.9. The molecular weight excluding hydrogens is 226 g/mol. The standard InChI is InChI=1S/C14H21N3O/c1-10-5-4-8-12(15)14(10)17(9-13(16)18)11-6-2-3-7-11/h4-5,8,11H,2-3,6-7,9,15H2,1H3,(H2,16,18). The van der Waals surface area contributed by atoms with Crippen molar-refractivity contribution < 1.29 is 4.79 Å². The van der Waals surface area contributed by atoms with Crippen molar-refractivity contribution in [1.82, 2.24) is 0 Å². The van der Waals surface area contributed by atoms with Crippen LogP contribution in [0.15, 0.2) is 18.2 Å². The highest BCUT2D eigenvalue weighted by atomic mass is 16.1. The number of amides is 1.